The van der Waals surface area contributed by atoms with Crippen molar-refractivity contribution in [1.29, 1.82) is 0 Å². The molecule has 1 unspecified atom stereocenters. The van der Waals surface area contributed by atoms with Crippen LogP contribution in [-0.4, -0.2) is 23.9 Å². The normalized spacial score (nSPS) is 25.4. The van der Waals surface area contributed by atoms with Crippen molar-refractivity contribution in [3.05, 3.63) is 35.6 Å². The summed E-state index contributed by atoms with van der Waals surface area (Å²) in [6, 6.07) is 6.52. The first-order valence-electron chi connectivity index (χ1n) is 7.36. The number of carbonyl (C=O) groups excluding carboxylic acids is 1. The van der Waals surface area contributed by atoms with Gasteiger partial charge >= 0.3 is 0 Å². The molecule has 3 nitrogen and oxygen atoms in total. The summed E-state index contributed by atoms with van der Waals surface area (Å²) >= 11 is 0. The smallest absolute Gasteiger partial charge is 0.238 e. The van der Waals surface area contributed by atoms with Crippen molar-refractivity contribution in [1.82, 2.24) is 10.2 Å². The third kappa shape index (κ3) is 2.57. The molecule has 0 aromatic heterocycles. The van der Waals surface area contributed by atoms with Gasteiger partial charge in [0.05, 0.1) is 6.54 Å². The third-order valence-corrected chi connectivity index (χ3v) is 4.61. The van der Waals surface area contributed by atoms with Gasteiger partial charge in [0.15, 0.2) is 0 Å². The maximum absolute atomic E-state index is 13.4. The zero-order chi connectivity index (χ0) is 14.2. The van der Waals surface area contributed by atoms with Gasteiger partial charge in [0.2, 0.25) is 5.91 Å². The standard InChI is InChI=1S/C16H21FN2O/c1-16(7-2-3-8-16)11-19-14(20)10-18-15(19)12-5-4-6-13(17)9-12/h4-6,9,15,18H,2-3,7-8,10-11H2,1H3. The van der Waals surface area contributed by atoms with Gasteiger partial charge < -0.3 is 4.90 Å². The minimum absolute atomic E-state index is 0.118. The van der Waals surface area contributed by atoms with Gasteiger partial charge in [-0.1, -0.05) is 31.9 Å². The Bertz CT molecular complexity index is 511. The molecule has 2 aliphatic rings. The van der Waals surface area contributed by atoms with E-state index in [4.69, 9.17) is 0 Å². The Morgan fingerprint density at radius 3 is 2.85 bits per heavy atom. The molecule has 0 radical (unpaired) electrons. The number of halogens is 1. The Hall–Kier alpha value is -1.42. The number of hydrogen-bond donors (Lipinski definition) is 1. The van der Waals surface area contributed by atoms with Gasteiger partial charge in [-0.25, -0.2) is 4.39 Å². The van der Waals surface area contributed by atoms with Crippen LogP contribution in [0.1, 0.15) is 44.3 Å². The first-order valence-corrected chi connectivity index (χ1v) is 7.36. The van der Waals surface area contributed by atoms with E-state index in [2.05, 4.69) is 12.2 Å². The van der Waals surface area contributed by atoms with Crippen LogP contribution in [0.2, 0.25) is 0 Å². The average molecular weight is 276 g/mol. The maximum atomic E-state index is 13.4. The lowest BCUT2D eigenvalue weighted by molar-refractivity contribution is -0.129. The summed E-state index contributed by atoms with van der Waals surface area (Å²) in [5, 5.41) is 3.20. The Morgan fingerprint density at radius 1 is 1.40 bits per heavy atom. The molecule has 1 heterocycles. The molecule has 1 aliphatic carbocycles. The number of benzene rings is 1. The van der Waals surface area contributed by atoms with Crippen LogP contribution in [0, 0.1) is 11.2 Å². The molecule has 1 amide bonds. The van der Waals surface area contributed by atoms with Gasteiger partial charge in [-0.3, -0.25) is 10.1 Å². The predicted octanol–water partition coefficient (Wildman–Crippen LogP) is 2.84. The van der Waals surface area contributed by atoms with Gasteiger partial charge in [0, 0.05) is 6.54 Å². The molecule has 1 N–H and O–H groups in total. The molecule has 1 atom stereocenters. The quantitative estimate of drug-likeness (QED) is 0.920. The SMILES string of the molecule is CC1(CN2C(=O)CNC2c2cccc(F)c2)CCCC1. The van der Waals surface area contributed by atoms with Crippen LogP contribution in [0.25, 0.3) is 0 Å². The van der Waals surface area contributed by atoms with Crippen molar-refractivity contribution >= 4 is 5.91 Å². The lowest BCUT2D eigenvalue weighted by atomic mass is 9.88. The van der Waals surface area contributed by atoms with E-state index in [9.17, 15) is 9.18 Å². The van der Waals surface area contributed by atoms with Crippen molar-refractivity contribution < 1.29 is 9.18 Å². The molecule has 0 bridgehead atoms. The molecule has 1 aliphatic heterocycles. The summed E-state index contributed by atoms with van der Waals surface area (Å²) < 4.78 is 13.4. The Labute approximate surface area is 119 Å². The summed E-state index contributed by atoms with van der Waals surface area (Å²) in [5.74, 6) is -0.136. The van der Waals surface area contributed by atoms with Gasteiger partial charge in [0.25, 0.3) is 0 Å². The lowest BCUT2D eigenvalue weighted by Crippen LogP contribution is -2.38. The summed E-state index contributed by atoms with van der Waals surface area (Å²) in [5.41, 5.74) is 1.05. The fourth-order valence-electron chi connectivity index (χ4n) is 3.49. The van der Waals surface area contributed by atoms with Gasteiger partial charge in [-0.2, -0.15) is 0 Å². The van der Waals surface area contributed by atoms with E-state index < -0.39 is 0 Å². The number of nitrogens with one attached hydrogen (secondary N) is 1. The highest BCUT2D eigenvalue weighted by molar-refractivity contribution is 5.81. The Balaban J connectivity index is 1.81. The molecule has 0 spiro atoms. The van der Waals surface area contributed by atoms with E-state index in [0.717, 1.165) is 12.1 Å². The second-order valence-corrected chi connectivity index (χ2v) is 6.38. The fourth-order valence-corrected chi connectivity index (χ4v) is 3.49. The van der Waals surface area contributed by atoms with Crippen LogP contribution in [0.15, 0.2) is 24.3 Å². The minimum atomic E-state index is -0.254. The monoisotopic (exact) mass is 276 g/mol. The highest BCUT2D eigenvalue weighted by Crippen LogP contribution is 2.40. The molecule has 4 heteroatoms. The number of amides is 1. The first-order chi connectivity index (χ1) is 9.57. The van der Waals surface area contributed by atoms with Crippen LogP contribution < -0.4 is 5.32 Å². The largest absolute Gasteiger partial charge is 0.321 e. The summed E-state index contributed by atoms with van der Waals surface area (Å²) in [6.07, 6.45) is 4.66. The third-order valence-electron chi connectivity index (χ3n) is 4.61. The molecule has 20 heavy (non-hydrogen) atoms. The van der Waals surface area contributed by atoms with E-state index in [1.165, 1.54) is 37.8 Å². The van der Waals surface area contributed by atoms with Crippen molar-refractivity contribution in [2.24, 2.45) is 5.41 Å². The van der Waals surface area contributed by atoms with E-state index in [1.807, 2.05) is 11.0 Å². The van der Waals surface area contributed by atoms with Crippen molar-refractivity contribution in [2.75, 3.05) is 13.1 Å². The van der Waals surface area contributed by atoms with E-state index in [-0.39, 0.29) is 23.3 Å². The zero-order valence-electron chi connectivity index (χ0n) is 11.9. The van der Waals surface area contributed by atoms with Crippen LogP contribution >= 0.6 is 0 Å². The van der Waals surface area contributed by atoms with E-state index in [1.54, 1.807) is 6.07 Å². The number of nitrogens with zero attached hydrogens (tertiary/aromatic N) is 1. The molecule has 2 fully saturated rings. The predicted molar refractivity (Wildman–Crippen MR) is 75.4 cm³/mol. The number of rotatable bonds is 3. The minimum Gasteiger partial charge on any atom is -0.321 e. The Kier molecular flexibility index (Phi) is 3.50. The van der Waals surface area contributed by atoms with Crippen LogP contribution in [0.5, 0.6) is 0 Å². The maximum Gasteiger partial charge on any atom is 0.238 e. The molecule has 1 saturated carbocycles. The molecule has 1 aromatic carbocycles. The van der Waals surface area contributed by atoms with Crippen LogP contribution in [0.3, 0.4) is 0 Å². The molecular weight excluding hydrogens is 255 g/mol. The molecule has 3 rings (SSSR count). The summed E-state index contributed by atoms with van der Waals surface area (Å²) in [6.45, 7) is 3.37. The molecular formula is C16H21FN2O. The van der Waals surface area contributed by atoms with E-state index in [0.29, 0.717) is 6.54 Å². The highest BCUT2D eigenvalue weighted by atomic mass is 19.1. The van der Waals surface area contributed by atoms with Crippen LogP contribution in [0.4, 0.5) is 4.39 Å². The summed E-state index contributed by atoms with van der Waals surface area (Å²) in [7, 11) is 0. The van der Waals surface area contributed by atoms with Gasteiger partial charge in [-0.05, 0) is 36.0 Å². The summed E-state index contributed by atoms with van der Waals surface area (Å²) in [4.78, 5) is 14.0. The molecule has 1 aromatic rings. The van der Waals surface area contributed by atoms with Gasteiger partial charge in [0.1, 0.15) is 12.0 Å². The zero-order valence-corrected chi connectivity index (χ0v) is 11.9. The topological polar surface area (TPSA) is 32.3 Å². The first kappa shape index (κ1) is 13.6. The van der Waals surface area contributed by atoms with Crippen LogP contribution in [-0.2, 0) is 4.79 Å². The number of carbonyl (C=O) groups is 1. The van der Waals surface area contributed by atoms with Crippen molar-refractivity contribution in [3.8, 4) is 0 Å². The lowest BCUT2D eigenvalue weighted by Gasteiger charge is -2.33. The molecule has 1 saturated heterocycles. The van der Waals surface area contributed by atoms with Crippen molar-refractivity contribution in [3.63, 3.8) is 0 Å². The Morgan fingerprint density at radius 2 is 2.15 bits per heavy atom. The highest BCUT2D eigenvalue weighted by Gasteiger charge is 2.38. The number of hydrogen-bond acceptors (Lipinski definition) is 2. The molecule has 108 valence electrons. The van der Waals surface area contributed by atoms with Gasteiger partial charge in [-0.15, -0.1) is 0 Å². The van der Waals surface area contributed by atoms with E-state index >= 15 is 0 Å². The van der Waals surface area contributed by atoms with Crippen molar-refractivity contribution in [2.45, 2.75) is 38.8 Å². The average Bonchev–Trinajstić information content (AvgIpc) is 2.98. The second kappa shape index (κ2) is 5.17. The fraction of sp³-hybridized carbons (Fsp3) is 0.562. The second-order valence-electron chi connectivity index (χ2n) is 6.38.